The van der Waals surface area contributed by atoms with Crippen molar-refractivity contribution in [3.8, 4) is 0 Å². The zero-order valence-electron chi connectivity index (χ0n) is 12.5. The van der Waals surface area contributed by atoms with Gasteiger partial charge < -0.3 is 15.7 Å². The first-order chi connectivity index (χ1) is 9.91. The topological polar surface area (TPSA) is 78.4 Å². The number of rotatable bonds is 6. The number of carbonyl (C=O) groups excluding carboxylic acids is 2. The fourth-order valence-electron chi connectivity index (χ4n) is 1.75. The molecule has 2 rings (SSSR count). The molecule has 1 saturated carbocycles. The average molecular weight is 290 g/mol. The van der Waals surface area contributed by atoms with Crippen LogP contribution in [-0.2, 0) is 0 Å². The van der Waals surface area contributed by atoms with Crippen molar-refractivity contribution >= 4 is 11.8 Å². The Hall–Kier alpha value is -1.88. The molecule has 1 aromatic carbocycles. The number of aliphatic hydroxyl groups excluding tert-OH is 1. The average Bonchev–Trinajstić information content (AvgIpc) is 3.29. The molecule has 1 aromatic rings. The summed E-state index contributed by atoms with van der Waals surface area (Å²) in [5.41, 5.74) is 0.723. The third kappa shape index (κ3) is 4.56. The van der Waals surface area contributed by atoms with Gasteiger partial charge >= 0.3 is 0 Å². The monoisotopic (exact) mass is 290 g/mol. The van der Waals surface area contributed by atoms with E-state index in [-0.39, 0.29) is 23.8 Å². The van der Waals surface area contributed by atoms with Gasteiger partial charge in [0.25, 0.3) is 11.8 Å². The van der Waals surface area contributed by atoms with Gasteiger partial charge in [-0.1, -0.05) is 13.8 Å². The van der Waals surface area contributed by atoms with E-state index >= 15 is 0 Å². The summed E-state index contributed by atoms with van der Waals surface area (Å²) in [7, 11) is 0. The summed E-state index contributed by atoms with van der Waals surface area (Å²) < 4.78 is 0. The van der Waals surface area contributed by atoms with Gasteiger partial charge in [-0.05, 0) is 37.1 Å². The van der Waals surface area contributed by atoms with Gasteiger partial charge in [0.1, 0.15) is 0 Å². The van der Waals surface area contributed by atoms with E-state index < -0.39 is 0 Å². The second-order valence-electron chi connectivity index (χ2n) is 6.33. The molecule has 0 heterocycles. The SMILES string of the molecule is CC(C)(CO)CNC(=O)c1ccc(C(=O)NC2CC2)cc1. The van der Waals surface area contributed by atoms with Crippen molar-refractivity contribution in [3.63, 3.8) is 0 Å². The van der Waals surface area contributed by atoms with E-state index in [9.17, 15) is 9.59 Å². The lowest BCUT2D eigenvalue weighted by Crippen LogP contribution is -2.36. The normalized spacial score (nSPS) is 14.6. The van der Waals surface area contributed by atoms with E-state index in [1.165, 1.54) is 0 Å². The highest BCUT2D eigenvalue weighted by atomic mass is 16.3. The number of amides is 2. The molecule has 3 N–H and O–H groups in total. The van der Waals surface area contributed by atoms with Crippen LogP contribution in [0.3, 0.4) is 0 Å². The molecule has 0 spiro atoms. The molecule has 0 bridgehead atoms. The Bertz CT molecular complexity index is 519. The molecule has 0 saturated heterocycles. The van der Waals surface area contributed by atoms with Crippen molar-refractivity contribution in [2.75, 3.05) is 13.2 Å². The molecule has 0 aliphatic heterocycles. The minimum atomic E-state index is -0.347. The van der Waals surface area contributed by atoms with Crippen molar-refractivity contribution in [2.24, 2.45) is 5.41 Å². The fraction of sp³-hybridized carbons (Fsp3) is 0.500. The summed E-state index contributed by atoms with van der Waals surface area (Å²) in [6.07, 6.45) is 2.10. The first-order valence-corrected chi connectivity index (χ1v) is 7.21. The van der Waals surface area contributed by atoms with Crippen LogP contribution in [0.15, 0.2) is 24.3 Å². The minimum Gasteiger partial charge on any atom is -0.396 e. The predicted octanol–water partition coefficient (Wildman–Crippen LogP) is 1.33. The van der Waals surface area contributed by atoms with E-state index in [2.05, 4.69) is 10.6 Å². The van der Waals surface area contributed by atoms with Crippen molar-refractivity contribution < 1.29 is 14.7 Å². The predicted molar refractivity (Wildman–Crippen MR) is 80.1 cm³/mol. The highest BCUT2D eigenvalue weighted by molar-refractivity contribution is 5.98. The van der Waals surface area contributed by atoms with Gasteiger partial charge in [0.15, 0.2) is 0 Å². The Morgan fingerprint density at radius 2 is 1.67 bits per heavy atom. The second-order valence-corrected chi connectivity index (χ2v) is 6.33. The molecule has 21 heavy (non-hydrogen) atoms. The van der Waals surface area contributed by atoms with Crippen molar-refractivity contribution in [3.05, 3.63) is 35.4 Å². The van der Waals surface area contributed by atoms with Gasteiger partial charge in [0.05, 0.1) is 0 Å². The van der Waals surface area contributed by atoms with Gasteiger partial charge in [0.2, 0.25) is 0 Å². The summed E-state index contributed by atoms with van der Waals surface area (Å²) in [6.45, 7) is 4.15. The van der Waals surface area contributed by atoms with E-state index in [1.807, 2.05) is 13.8 Å². The van der Waals surface area contributed by atoms with Gasteiger partial charge in [-0.2, -0.15) is 0 Å². The molecule has 0 atom stereocenters. The molecule has 2 amide bonds. The summed E-state index contributed by atoms with van der Waals surface area (Å²) >= 11 is 0. The molecule has 1 fully saturated rings. The number of carbonyl (C=O) groups is 2. The Morgan fingerprint density at radius 1 is 1.14 bits per heavy atom. The quantitative estimate of drug-likeness (QED) is 0.739. The molecule has 0 aromatic heterocycles. The van der Waals surface area contributed by atoms with Crippen LogP contribution in [0, 0.1) is 5.41 Å². The molecular weight excluding hydrogens is 268 g/mol. The lowest BCUT2D eigenvalue weighted by atomic mass is 9.95. The molecule has 1 aliphatic carbocycles. The van der Waals surface area contributed by atoms with Crippen molar-refractivity contribution in [1.29, 1.82) is 0 Å². The zero-order chi connectivity index (χ0) is 15.5. The second kappa shape index (κ2) is 6.26. The zero-order valence-corrected chi connectivity index (χ0v) is 12.5. The molecule has 5 heteroatoms. The molecule has 5 nitrogen and oxygen atoms in total. The summed E-state index contributed by atoms with van der Waals surface area (Å²) in [5.74, 6) is -0.295. The number of benzene rings is 1. The van der Waals surface area contributed by atoms with Crippen LogP contribution in [0.1, 0.15) is 47.4 Å². The minimum absolute atomic E-state index is 0.00750. The molecule has 114 valence electrons. The summed E-state index contributed by atoms with van der Waals surface area (Å²) in [4.78, 5) is 23.8. The van der Waals surface area contributed by atoms with Gasteiger partial charge in [-0.15, -0.1) is 0 Å². The number of nitrogens with one attached hydrogen (secondary N) is 2. The van der Waals surface area contributed by atoms with Crippen LogP contribution >= 0.6 is 0 Å². The standard InChI is InChI=1S/C16H22N2O3/c1-16(2,10-19)9-17-14(20)11-3-5-12(6-4-11)15(21)18-13-7-8-13/h3-6,13,19H,7-10H2,1-2H3,(H,17,20)(H,18,21). The van der Waals surface area contributed by atoms with Crippen molar-refractivity contribution in [1.82, 2.24) is 10.6 Å². The van der Waals surface area contributed by atoms with Crippen LogP contribution < -0.4 is 10.6 Å². The molecule has 0 radical (unpaired) electrons. The number of aliphatic hydroxyl groups is 1. The number of hydrogen-bond donors (Lipinski definition) is 3. The van der Waals surface area contributed by atoms with Gasteiger partial charge in [-0.25, -0.2) is 0 Å². The van der Waals surface area contributed by atoms with Gasteiger partial charge in [-0.3, -0.25) is 9.59 Å². The largest absolute Gasteiger partial charge is 0.396 e. The third-order valence-corrected chi connectivity index (χ3v) is 3.48. The summed E-state index contributed by atoms with van der Waals surface area (Å²) in [6, 6.07) is 6.92. The molecular formula is C16H22N2O3. The maximum absolute atomic E-state index is 12.0. The third-order valence-electron chi connectivity index (χ3n) is 3.48. The number of hydrogen-bond acceptors (Lipinski definition) is 3. The first-order valence-electron chi connectivity index (χ1n) is 7.21. The van der Waals surface area contributed by atoms with Crippen LogP contribution in [0.5, 0.6) is 0 Å². The lowest BCUT2D eigenvalue weighted by molar-refractivity contribution is 0.0908. The highest BCUT2D eigenvalue weighted by Gasteiger charge is 2.24. The van der Waals surface area contributed by atoms with E-state index in [4.69, 9.17) is 5.11 Å². The molecule has 0 unspecified atom stereocenters. The van der Waals surface area contributed by atoms with E-state index in [1.54, 1.807) is 24.3 Å². The Kier molecular flexibility index (Phi) is 4.63. The van der Waals surface area contributed by atoms with Crippen molar-refractivity contribution in [2.45, 2.75) is 32.7 Å². The lowest BCUT2D eigenvalue weighted by Gasteiger charge is -2.21. The molecule has 1 aliphatic rings. The highest BCUT2D eigenvalue weighted by Crippen LogP contribution is 2.19. The fourth-order valence-corrected chi connectivity index (χ4v) is 1.75. The van der Waals surface area contributed by atoms with Crippen LogP contribution in [-0.4, -0.2) is 36.1 Å². The van der Waals surface area contributed by atoms with Crippen LogP contribution in [0.4, 0.5) is 0 Å². The van der Waals surface area contributed by atoms with Gasteiger partial charge in [0, 0.05) is 35.7 Å². The Labute approximate surface area is 124 Å². The van der Waals surface area contributed by atoms with Crippen LogP contribution in [0.25, 0.3) is 0 Å². The van der Waals surface area contributed by atoms with Crippen LogP contribution in [0.2, 0.25) is 0 Å². The first kappa shape index (κ1) is 15.5. The maximum Gasteiger partial charge on any atom is 0.251 e. The van der Waals surface area contributed by atoms with E-state index in [0.717, 1.165) is 12.8 Å². The maximum atomic E-state index is 12.0. The smallest absolute Gasteiger partial charge is 0.251 e. The van der Waals surface area contributed by atoms with E-state index in [0.29, 0.717) is 23.7 Å². The Morgan fingerprint density at radius 3 is 2.14 bits per heavy atom. The summed E-state index contributed by atoms with van der Waals surface area (Å²) in [5, 5.41) is 14.8. The Balaban J connectivity index is 1.91.